The molecule has 1 saturated heterocycles. The predicted octanol–water partition coefficient (Wildman–Crippen LogP) is 1.18. The van der Waals surface area contributed by atoms with Crippen LogP contribution in [-0.2, 0) is 9.53 Å². The van der Waals surface area contributed by atoms with Crippen molar-refractivity contribution in [3.63, 3.8) is 0 Å². The molecule has 0 radical (unpaired) electrons. The summed E-state index contributed by atoms with van der Waals surface area (Å²) < 4.78 is 5.28. The first kappa shape index (κ1) is 12.9. The third-order valence-electron chi connectivity index (χ3n) is 5.12. The van der Waals surface area contributed by atoms with Crippen LogP contribution in [0.25, 0.3) is 0 Å². The number of rotatable bonds is 0. The minimum Gasteiger partial charge on any atom is -0.454 e. The molecule has 0 amide bonds. The number of hydrogen-bond acceptors (Lipinski definition) is 4. The lowest BCUT2D eigenvalue weighted by molar-refractivity contribution is -0.137. The molecule has 1 aliphatic heterocycles. The van der Waals surface area contributed by atoms with Gasteiger partial charge in [-0.1, -0.05) is 12.2 Å². The first-order valence-corrected chi connectivity index (χ1v) is 6.81. The van der Waals surface area contributed by atoms with Gasteiger partial charge in [0.15, 0.2) is 0 Å². The molecule has 2 fully saturated rings. The summed E-state index contributed by atoms with van der Waals surface area (Å²) in [6, 6.07) is 0. The Morgan fingerprint density at radius 1 is 1.53 bits per heavy atom. The number of aliphatic hydroxyl groups excluding tert-OH is 1. The summed E-state index contributed by atoms with van der Waals surface area (Å²) in [5.74, 6) is -0.969. The van der Waals surface area contributed by atoms with Crippen LogP contribution in [0.1, 0.15) is 26.7 Å². The molecule has 3 aliphatic rings. The van der Waals surface area contributed by atoms with E-state index < -0.39 is 29.7 Å². The number of ether oxygens (including phenoxy) is 1. The van der Waals surface area contributed by atoms with Crippen LogP contribution < -0.4 is 0 Å². The molecule has 0 bridgehead atoms. The molecule has 6 atom stereocenters. The van der Waals surface area contributed by atoms with Crippen molar-refractivity contribution in [1.29, 1.82) is 0 Å². The summed E-state index contributed by atoms with van der Waals surface area (Å²) >= 11 is 0. The average molecular weight is 264 g/mol. The molecule has 2 N–H and O–H groups in total. The van der Waals surface area contributed by atoms with E-state index in [2.05, 4.69) is 6.58 Å². The zero-order valence-corrected chi connectivity index (χ0v) is 11.3. The van der Waals surface area contributed by atoms with Crippen molar-refractivity contribution in [1.82, 2.24) is 0 Å². The van der Waals surface area contributed by atoms with Crippen molar-refractivity contribution in [2.75, 3.05) is 0 Å². The van der Waals surface area contributed by atoms with Crippen molar-refractivity contribution in [2.45, 2.75) is 44.5 Å². The number of allylic oxidation sites excluding steroid dienone is 1. The van der Waals surface area contributed by atoms with Gasteiger partial charge >= 0.3 is 5.97 Å². The van der Waals surface area contributed by atoms with Crippen LogP contribution in [0.15, 0.2) is 23.8 Å². The standard InChI is InChI=1S/C15H20O4/c1-7-6-10-11(8(2)14(17)19-10)13(16)12-9(7)4-5-15(12,3)18/h6,9-13,16,18H,2,4-5H2,1,3H3/t9-,10-,11+,12+,13+,15-/m1/s1. The molecule has 104 valence electrons. The molecule has 1 heterocycles. The molecule has 0 aromatic heterocycles. The van der Waals surface area contributed by atoms with E-state index in [1.54, 1.807) is 6.92 Å². The molecule has 0 aromatic carbocycles. The molecule has 0 aromatic rings. The van der Waals surface area contributed by atoms with Gasteiger partial charge in [-0.15, -0.1) is 0 Å². The van der Waals surface area contributed by atoms with Gasteiger partial charge in [-0.2, -0.15) is 0 Å². The topological polar surface area (TPSA) is 66.8 Å². The van der Waals surface area contributed by atoms with E-state index in [4.69, 9.17) is 4.74 Å². The Morgan fingerprint density at radius 3 is 2.89 bits per heavy atom. The van der Waals surface area contributed by atoms with Crippen molar-refractivity contribution in [2.24, 2.45) is 17.8 Å². The van der Waals surface area contributed by atoms with Crippen LogP contribution in [0.2, 0.25) is 0 Å². The summed E-state index contributed by atoms with van der Waals surface area (Å²) in [6.45, 7) is 7.52. The Kier molecular flexibility index (Phi) is 2.67. The zero-order valence-electron chi connectivity index (χ0n) is 11.3. The van der Waals surface area contributed by atoms with Crippen LogP contribution >= 0.6 is 0 Å². The van der Waals surface area contributed by atoms with Gasteiger partial charge in [0.25, 0.3) is 0 Å². The van der Waals surface area contributed by atoms with E-state index in [9.17, 15) is 15.0 Å². The fourth-order valence-corrected chi connectivity index (χ4v) is 4.10. The van der Waals surface area contributed by atoms with Gasteiger partial charge < -0.3 is 14.9 Å². The van der Waals surface area contributed by atoms with E-state index in [1.807, 2.05) is 13.0 Å². The van der Waals surface area contributed by atoms with Crippen LogP contribution in [0.3, 0.4) is 0 Å². The van der Waals surface area contributed by atoms with Gasteiger partial charge in [0, 0.05) is 11.5 Å². The molecule has 1 saturated carbocycles. The van der Waals surface area contributed by atoms with Gasteiger partial charge in [0.2, 0.25) is 0 Å². The fraction of sp³-hybridized carbons (Fsp3) is 0.667. The second-order valence-corrected chi connectivity index (χ2v) is 6.35. The Morgan fingerprint density at radius 2 is 2.21 bits per heavy atom. The summed E-state index contributed by atoms with van der Waals surface area (Å²) in [5, 5.41) is 21.2. The van der Waals surface area contributed by atoms with Crippen LogP contribution in [0.5, 0.6) is 0 Å². The normalized spacial score (nSPS) is 49.3. The highest BCUT2D eigenvalue weighted by Crippen LogP contribution is 2.51. The Hall–Kier alpha value is -1.13. The highest BCUT2D eigenvalue weighted by atomic mass is 16.6. The van der Waals surface area contributed by atoms with Crippen LogP contribution in [0.4, 0.5) is 0 Å². The van der Waals surface area contributed by atoms with Gasteiger partial charge in [-0.3, -0.25) is 0 Å². The smallest absolute Gasteiger partial charge is 0.334 e. The second kappa shape index (κ2) is 3.93. The SMILES string of the molecule is C=C1C(=O)O[C@@H]2C=C(C)[C@H]3CC[C@@](C)(O)[C@@H]3[C@@H](O)[C@@H]12. The van der Waals surface area contributed by atoms with Gasteiger partial charge in [-0.25, -0.2) is 4.79 Å². The van der Waals surface area contributed by atoms with E-state index in [1.165, 1.54) is 0 Å². The first-order chi connectivity index (χ1) is 8.83. The monoisotopic (exact) mass is 264 g/mol. The van der Waals surface area contributed by atoms with E-state index in [0.717, 1.165) is 12.0 Å². The Balaban J connectivity index is 2.06. The Bertz CT molecular complexity index is 477. The maximum Gasteiger partial charge on any atom is 0.334 e. The Labute approximate surface area is 112 Å². The van der Waals surface area contributed by atoms with E-state index >= 15 is 0 Å². The number of carbonyl (C=O) groups excluding carboxylic acids is 1. The van der Waals surface area contributed by atoms with Crippen LogP contribution in [-0.4, -0.2) is 34.0 Å². The summed E-state index contributed by atoms with van der Waals surface area (Å²) in [5.41, 5.74) is 0.515. The number of esters is 1. The lowest BCUT2D eigenvalue weighted by atomic mass is 9.75. The number of hydrogen-bond donors (Lipinski definition) is 2. The predicted molar refractivity (Wildman–Crippen MR) is 69.1 cm³/mol. The quantitative estimate of drug-likeness (QED) is 0.392. The van der Waals surface area contributed by atoms with Crippen molar-refractivity contribution >= 4 is 5.97 Å². The highest BCUT2D eigenvalue weighted by molar-refractivity contribution is 5.91. The molecule has 2 aliphatic carbocycles. The lowest BCUT2D eigenvalue weighted by Crippen LogP contribution is -2.44. The molecule has 19 heavy (non-hydrogen) atoms. The third kappa shape index (κ3) is 1.70. The fourth-order valence-electron chi connectivity index (χ4n) is 4.10. The first-order valence-electron chi connectivity index (χ1n) is 6.81. The largest absolute Gasteiger partial charge is 0.454 e. The summed E-state index contributed by atoms with van der Waals surface area (Å²) in [4.78, 5) is 11.6. The minimum absolute atomic E-state index is 0.155. The molecule has 0 unspecified atom stereocenters. The number of aliphatic hydroxyl groups is 2. The van der Waals surface area contributed by atoms with Crippen molar-refractivity contribution in [3.8, 4) is 0 Å². The molecule has 4 nitrogen and oxygen atoms in total. The maximum atomic E-state index is 11.6. The third-order valence-corrected chi connectivity index (χ3v) is 5.12. The molecular weight excluding hydrogens is 244 g/mol. The number of carbonyl (C=O) groups is 1. The average Bonchev–Trinajstić information content (AvgIpc) is 2.73. The van der Waals surface area contributed by atoms with E-state index in [-0.39, 0.29) is 11.8 Å². The van der Waals surface area contributed by atoms with Gasteiger partial charge in [0.1, 0.15) is 6.10 Å². The zero-order chi connectivity index (χ0) is 13.9. The van der Waals surface area contributed by atoms with Gasteiger partial charge in [0.05, 0.1) is 17.6 Å². The van der Waals surface area contributed by atoms with Gasteiger partial charge in [-0.05, 0) is 38.7 Å². The summed E-state index contributed by atoms with van der Waals surface area (Å²) in [6.07, 6.45) is 2.23. The maximum absolute atomic E-state index is 11.6. The highest BCUT2D eigenvalue weighted by Gasteiger charge is 2.55. The van der Waals surface area contributed by atoms with Crippen LogP contribution in [0, 0.1) is 17.8 Å². The molecular formula is C15H20O4. The lowest BCUT2D eigenvalue weighted by Gasteiger charge is -2.35. The minimum atomic E-state index is -0.903. The second-order valence-electron chi connectivity index (χ2n) is 6.35. The summed E-state index contributed by atoms with van der Waals surface area (Å²) in [7, 11) is 0. The van der Waals surface area contributed by atoms with Crippen molar-refractivity contribution < 1.29 is 19.7 Å². The molecule has 4 heteroatoms. The number of fused-ring (bicyclic) bond motifs is 2. The van der Waals surface area contributed by atoms with Crippen molar-refractivity contribution in [3.05, 3.63) is 23.8 Å². The molecule has 0 spiro atoms. The molecule has 3 rings (SSSR count). The van der Waals surface area contributed by atoms with E-state index in [0.29, 0.717) is 12.0 Å².